The molecule has 2 aliphatic rings. The molecule has 1 atom stereocenters. The lowest BCUT2D eigenvalue weighted by Gasteiger charge is -2.35. The lowest BCUT2D eigenvalue weighted by Crippen LogP contribution is -2.35. The van der Waals surface area contributed by atoms with Gasteiger partial charge in [0.05, 0.1) is 11.1 Å². The van der Waals surface area contributed by atoms with E-state index in [9.17, 15) is 9.59 Å². The van der Waals surface area contributed by atoms with E-state index < -0.39 is 5.41 Å². The van der Waals surface area contributed by atoms with Gasteiger partial charge < -0.3 is 0 Å². The maximum atomic E-state index is 13.1. The molecule has 30 heavy (non-hydrogen) atoms. The maximum absolute atomic E-state index is 13.1. The summed E-state index contributed by atoms with van der Waals surface area (Å²) >= 11 is 0. The molecule has 1 fully saturated rings. The Labute approximate surface area is 178 Å². The number of carbonyl (C=O) groups is 2. The van der Waals surface area contributed by atoms with Gasteiger partial charge in [-0.25, -0.2) is 0 Å². The smallest absolute Gasteiger partial charge is 0.176 e. The summed E-state index contributed by atoms with van der Waals surface area (Å²) in [6, 6.07) is 15.5. The van der Waals surface area contributed by atoms with E-state index in [4.69, 9.17) is 0 Å². The Hall–Kier alpha value is -2.81. The molecule has 1 aliphatic heterocycles. The van der Waals surface area contributed by atoms with Gasteiger partial charge in [0.15, 0.2) is 11.6 Å². The van der Waals surface area contributed by atoms with Gasteiger partial charge in [-0.15, -0.1) is 0 Å². The molecular weight excluding hydrogens is 370 g/mol. The fraction of sp³-hybridized carbons (Fsp3) is 0.370. The zero-order valence-electron chi connectivity index (χ0n) is 17.9. The highest BCUT2D eigenvalue weighted by molar-refractivity contribution is 6.21. The summed E-state index contributed by atoms with van der Waals surface area (Å²) in [4.78, 5) is 30.7. The lowest BCUT2D eigenvalue weighted by atomic mass is 9.69. The van der Waals surface area contributed by atoms with Crippen LogP contribution in [0.1, 0.15) is 60.5 Å². The number of benzene rings is 2. The Balaban J connectivity index is 1.38. The van der Waals surface area contributed by atoms with Crippen molar-refractivity contribution in [2.45, 2.75) is 46.0 Å². The summed E-state index contributed by atoms with van der Waals surface area (Å²) < 4.78 is 0. The van der Waals surface area contributed by atoms with Crippen LogP contribution in [0.25, 0.3) is 5.57 Å². The first kappa shape index (κ1) is 20.5. The molecule has 0 bridgehead atoms. The normalized spacial score (nSPS) is 25.6. The molecule has 3 nitrogen and oxygen atoms in total. The van der Waals surface area contributed by atoms with Crippen LogP contribution in [-0.2, 0) is 4.79 Å². The van der Waals surface area contributed by atoms with E-state index in [-0.39, 0.29) is 17.5 Å². The highest BCUT2D eigenvalue weighted by Gasteiger charge is 2.39. The van der Waals surface area contributed by atoms with Gasteiger partial charge in [-0.1, -0.05) is 43.0 Å². The molecule has 1 heterocycles. The van der Waals surface area contributed by atoms with Crippen LogP contribution >= 0.6 is 0 Å². The third-order valence-electron chi connectivity index (χ3n) is 6.85. The number of fused-ring (bicyclic) bond motifs is 1. The first-order valence-electron chi connectivity index (χ1n) is 10.9. The number of hydrogen-bond acceptors (Lipinski definition) is 3. The molecular formula is C27H29NO2. The van der Waals surface area contributed by atoms with Crippen LogP contribution in [0.2, 0.25) is 0 Å². The van der Waals surface area contributed by atoms with Crippen LogP contribution in [0.4, 0.5) is 5.69 Å². The second-order valence-corrected chi connectivity index (χ2v) is 9.10. The van der Waals surface area contributed by atoms with Crippen molar-refractivity contribution >= 4 is 29.0 Å². The second kappa shape index (κ2) is 8.14. The molecule has 1 aliphatic carbocycles. The number of ketones is 2. The Kier molecular flexibility index (Phi) is 5.55. The van der Waals surface area contributed by atoms with Gasteiger partial charge in [0, 0.05) is 23.3 Å². The molecule has 4 rings (SSSR count). The van der Waals surface area contributed by atoms with Crippen LogP contribution in [-0.4, -0.2) is 17.8 Å². The zero-order valence-corrected chi connectivity index (χ0v) is 17.9. The summed E-state index contributed by atoms with van der Waals surface area (Å²) in [5, 5.41) is 0. The van der Waals surface area contributed by atoms with Crippen molar-refractivity contribution in [3.05, 3.63) is 71.8 Å². The number of nitrogens with zero attached hydrogens (tertiary/aromatic N) is 1. The zero-order chi connectivity index (χ0) is 21.3. The molecule has 3 heteroatoms. The van der Waals surface area contributed by atoms with Gasteiger partial charge in [0.25, 0.3) is 0 Å². The molecule has 0 amide bonds. The summed E-state index contributed by atoms with van der Waals surface area (Å²) in [6.07, 6.45) is 6.31. The molecule has 0 spiro atoms. The van der Waals surface area contributed by atoms with E-state index in [0.29, 0.717) is 11.5 Å². The molecule has 0 saturated heterocycles. The van der Waals surface area contributed by atoms with Crippen molar-refractivity contribution in [1.82, 2.24) is 0 Å². The average molecular weight is 400 g/mol. The number of aryl methyl sites for hydroxylation is 1. The van der Waals surface area contributed by atoms with Crippen molar-refractivity contribution in [1.29, 1.82) is 0 Å². The minimum atomic E-state index is -0.555. The number of hydrogen-bond donors (Lipinski definition) is 0. The van der Waals surface area contributed by atoms with Crippen molar-refractivity contribution < 1.29 is 9.59 Å². The van der Waals surface area contributed by atoms with Gasteiger partial charge in [-0.3, -0.25) is 14.6 Å². The van der Waals surface area contributed by atoms with Crippen LogP contribution in [0.15, 0.2) is 60.1 Å². The third kappa shape index (κ3) is 3.81. The fourth-order valence-electron chi connectivity index (χ4n) is 5.02. The van der Waals surface area contributed by atoms with Crippen LogP contribution in [0.3, 0.4) is 0 Å². The second-order valence-electron chi connectivity index (χ2n) is 9.10. The molecule has 1 unspecified atom stereocenters. The Morgan fingerprint density at radius 3 is 2.47 bits per heavy atom. The van der Waals surface area contributed by atoms with Gasteiger partial charge in [0.1, 0.15) is 0 Å². The highest BCUT2D eigenvalue weighted by atomic mass is 16.1. The van der Waals surface area contributed by atoms with Gasteiger partial charge in [-0.2, -0.15) is 0 Å². The first-order chi connectivity index (χ1) is 14.4. The topological polar surface area (TPSA) is 46.5 Å². The van der Waals surface area contributed by atoms with Crippen molar-refractivity contribution in [3.8, 4) is 0 Å². The largest absolute Gasteiger partial charge is 0.294 e. The van der Waals surface area contributed by atoms with Crippen LogP contribution in [0, 0.1) is 24.2 Å². The van der Waals surface area contributed by atoms with E-state index in [1.807, 2.05) is 68.6 Å². The molecule has 154 valence electrons. The van der Waals surface area contributed by atoms with Gasteiger partial charge in [0.2, 0.25) is 0 Å². The Bertz CT molecular complexity index is 1030. The summed E-state index contributed by atoms with van der Waals surface area (Å²) in [7, 11) is 0. The number of allylic oxidation sites excluding steroid dienone is 1. The molecule has 2 aromatic rings. The number of aliphatic imine (C=N–C) groups is 1. The number of para-hydroxylation sites is 1. The van der Waals surface area contributed by atoms with E-state index in [1.165, 1.54) is 0 Å². The van der Waals surface area contributed by atoms with Crippen molar-refractivity contribution in [2.75, 3.05) is 0 Å². The predicted molar refractivity (Wildman–Crippen MR) is 122 cm³/mol. The van der Waals surface area contributed by atoms with Crippen molar-refractivity contribution in [2.24, 2.45) is 22.2 Å². The molecule has 1 saturated carbocycles. The lowest BCUT2D eigenvalue weighted by molar-refractivity contribution is -0.118. The number of carbonyl (C=O) groups excluding carboxylic acids is 2. The molecule has 0 N–H and O–H groups in total. The third-order valence-corrected chi connectivity index (χ3v) is 6.85. The summed E-state index contributed by atoms with van der Waals surface area (Å²) in [5.41, 5.74) is 3.62. The minimum Gasteiger partial charge on any atom is -0.294 e. The monoisotopic (exact) mass is 399 g/mol. The van der Waals surface area contributed by atoms with Gasteiger partial charge in [-0.05, 0) is 75.1 Å². The first-order valence-corrected chi connectivity index (χ1v) is 10.9. The SMILES string of the molecule is C=C(C(=O)C1CCC(CC2(C)C=Nc3ccccc3C2=O)CC1)c1ccccc1C. The van der Waals surface area contributed by atoms with Crippen LogP contribution < -0.4 is 0 Å². The molecule has 2 aromatic carbocycles. The minimum absolute atomic E-state index is 0.0395. The average Bonchev–Trinajstić information content (AvgIpc) is 2.77. The number of rotatable bonds is 5. The molecule has 0 aromatic heterocycles. The fourth-order valence-corrected chi connectivity index (χ4v) is 5.02. The van der Waals surface area contributed by atoms with E-state index in [0.717, 1.165) is 54.5 Å². The summed E-state index contributed by atoms with van der Waals surface area (Å²) in [5.74, 6) is 0.821. The Morgan fingerprint density at radius 2 is 1.73 bits per heavy atom. The van der Waals surface area contributed by atoms with Crippen LogP contribution in [0.5, 0.6) is 0 Å². The maximum Gasteiger partial charge on any atom is 0.176 e. The Morgan fingerprint density at radius 1 is 1.07 bits per heavy atom. The highest BCUT2D eigenvalue weighted by Crippen LogP contribution is 2.42. The van der Waals surface area contributed by atoms with E-state index in [2.05, 4.69) is 11.6 Å². The predicted octanol–water partition coefficient (Wildman–Crippen LogP) is 6.38. The van der Waals surface area contributed by atoms with Crippen molar-refractivity contribution in [3.63, 3.8) is 0 Å². The molecule has 0 radical (unpaired) electrons. The van der Waals surface area contributed by atoms with E-state index in [1.54, 1.807) is 0 Å². The quantitative estimate of drug-likeness (QED) is 0.548. The summed E-state index contributed by atoms with van der Waals surface area (Å²) in [6.45, 7) is 8.13. The van der Waals surface area contributed by atoms with Gasteiger partial charge >= 0.3 is 0 Å². The number of Topliss-reactive ketones (excluding diaryl/α,β-unsaturated/α-hetero) is 2. The van der Waals surface area contributed by atoms with E-state index >= 15 is 0 Å². The standard InChI is InChI=1S/C27H29NO2/c1-18-8-4-5-9-22(18)19(2)25(29)21-14-12-20(13-15-21)16-27(3)17-28-24-11-7-6-10-23(24)26(27)30/h4-11,17,20-21H,2,12-16H2,1,3H3.